The summed E-state index contributed by atoms with van der Waals surface area (Å²) in [6.45, 7) is 13.0. The highest BCUT2D eigenvalue weighted by Gasteiger charge is 2.23. The molecule has 2 atom stereocenters. The van der Waals surface area contributed by atoms with Crippen LogP contribution in [0.2, 0.25) is 0 Å². The standard InChI is InChI=1S/C19H31N3O3/c1-6-16-17(15(5)23)14(4)21-18(16)19(24)20-8-7-9-22-10-12(2)25-13(3)11-22/h12-13,21H,6-11H2,1-5H3,(H,20,24). The molecule has 140 valence electrons. The largest absolute Gasteiger partial charge is 0.373 e. The van der Waals surface area contributed by atoms with Crippen molar-refractivity contribution >= 4 is 11.7 Å². The van der Waals surface area contributed by atoms with Gasteiger partial charge in [0.2, 0.25) is 0 Å². The molecule has 1 aliphatic rings. The lowest BCUT2D eigenvalue weighted by atomic mass is 10.0. The number of rotatable bonds is 7. The highest BCUT2D eigenvalue weighted by molar-refractivity contribution is 6.02. The van der Waals surface area contributed by atoms with E-state index >= 15 is 0 Å². The van der Waals surface area contributed by atoms with Crippen molar-refractivity contribution in [2.24, 2.45) is 0 Å². The molecule has 2 heterocycles. The van der Waals surface area contributed by atoms with Crippen LogP contribution in [0, 0.1) is 6.92 Å². The number of nitrogens with one attached hydrogen (secondary N) is 2. The zero-order valence-electron chi connectivity index (χ0n) is 16.1. The van der Waals surface area contributed by atoms with E-state index in [0.717, 1.165) is 37.3 Å². The normalized spacial score (nSPS) is 21.3. The highest BCUT2D eigenvalue weighted by Crippen LogP contribution is 2.20. The molecule has 25 heavy (non-hydrogen) atoms. The maximum absolute atomic E-state index is 12.5. The topological polar surface area (TPSA) is 74.4 Å². The second-order valence-electron chi connectivity index (χ2n) is 7.01. The van der Waals surface area contributed by atoms with E-state index in [0.29, 0.717) is 24.2 Å². The number of amides is 1. The Balaban J connectivity index is 1.87. The summed E-state index contributed by atoms with van der Waals surface area (Å²) in [6.07, 6.45) is 2.08. The summed E-state index contributed by atoms with van der Waals surface area (Å²) in [7, 11) is 0. The molecule has 0 spiro atoms. The molecular weight excluding hydrogens is 318 g/mol. The summed E-state index contributed by atoms with van der Waals surface area (Å²) in [6, 6.07) is 0. The number of aromatic amines is 1. The van der Waals surface area contributed by atoms with Gasteiger partial charge in [-0.1, -0.05) is 6.92 Å². The molecule has 0 bridgehead atoms. The van der Waals surface area contributed by atoms with Gasteiger partial charge in [0.05, 0.1) is 12.2 Å². The van der Waals surface area contributed by atoms with Gasteiger partial charge in [0.1, 0.15) is 5.69 Å². The Morgan fingerprint density at radius 2 is 1.92 bits per heavy atom. The number of carbonyl (C=O) groups excluding carboxylic acids is 2. The van der Waals surface area contributed by atoms with Gasteiger partial charge < -0.3 is 15.0 Å². The number of hydrogen-bond donors (Lipinski definition) is 2. The summed E-state index contributed by atoms with van der Waals surface area (Å²) in [5.41, 5.74) is 2.77. The maximum atomic E-state index is 12.5. The van der Waals surface area contributed by atoms with Crippen molar-refractivity contribution in [3.05, 3.63) is 22.5 Å². The summed E-state index contributed by atoms with van der Waals surface area (Å²) < 4.78 is 5.73. The van der Waals surface area contributed by atoms with E-state index in [1.165, 1.54) is 0 Å². The van der Waals surface area contributed by atoms with Crippen LogP contribution >= 0.6 is 0 Å². The molecule has 1 aromatic rings. The number of nitrogens with zero attached hydrogens (tertiary/aromatic N) is 1. The summed E-state index contributed by atoms with van der Waals surface area (Å²) in [4.78, 5) is 29.8. The average Bonchev–Trinajstić information content (AvgIpc) is 2.87. The maximum Gasteiger partial charge on any atom is 0.268 e. The average molecular weight is 349 g/mol. The van der Waals surface area contributed by atoms with Crippen LogP contribution in [0.15, 0.2) is 0 Å². The van der Waals surface area contributed by atoms with Gasteiger partial charge in [-0.05, 0) is 46.1 Å². The smallest absolute Gasteiger partial charge is 0.268 e. The zero-order valence-corrected chi connectivity index (χ0v) is 16.1. The molecule has 1 amide bonds. The third kappa shape index (κ3) is 4.92. The van der Waals surface area contributed by atoms with Crippen molar-refractivity contribution in [3.8, 4) is 0 Å². The van der Waals surface area contributed by atoms with Gasteiger partial charge in [0.25, 0.3) is 5.91 Å². The number of aromatic nitrogens is 1. The molecule has 2 unspecified atom stereocenters. The molecule has 2 rings (SSSR count). The Bertz CT molecular complexity index is 614. The molecule has 1 aromatic heterocycles. The Kier molecular flexibility index (Phi) is 6.79. The molecule has 2 N–H and O–H groups in total. The van der Waals surface area contributed by atoms with Crippen LogP contribution in [0.5, 0.6) is 0 Å². The minimum atomic E-state index is -0.129. The molecule has 0 saturated carbocycles. The van der Waals surface area contributed by atoms with Gasteiger partial charge in [-0.25, -0.2) is 0 Å². The quantitative estimate of drug-likeness (QED) is 0.585. The first kappa shape index (κ1) is 19.7. The van der Waals surface area contributed by atoms with Crippen LogP contribution in [0.4, 0.5) is 0 Å². The van der Waals surface area contributed by atoms with Crippen LogP contribution in [0.3, 0.4) is 0 Å². The Morgan fingerprint density at radius 1 is 1.28 bits per heavy atom. The van der Waals surface area contributed by atoms with Crippen molar-refractivity contribution in [2.45, 2.75) is 59.7 Å². The number of hydrogen-bond acceptors (Lipinski definition) is 4. The number of ether oxygens (including phenoxy) is 1. The first-order chi connectivity index (χ1) is 11.8. The number of ketones is 1. The lowest BCUT2D eigenvalue weighted by molar-refractivity contribution is -0.0680. The van der Waals surface area contributed by atoms with E-state index in [1.807, 2.05) is 13.8 Å². The fourth-order valence-corrected chi connectivity index (χ4v) is 3.76. The van der Waals surface area contributed by atoms with Crippen molar-refractivity contribution in [1.82, 2.24) is 15.2 Å². The molecular formula is C19H31N3O3. The van der Waals surface area contributed by atoms with E-state index in [1.54, 1.807) is 6.92 Å². The summed E-state index contributed by atoms with van der Waals surface area (Å²) in [5, 5.41) is 2.98. The second kappa shape index (κ2) is 8.63. The minimum Gasteiger partial charge on any atom is -0.373 e. The predicted molar refractivity (Wildman–Crippen MR) is 98.3 cm³/mol. The van der Waals surface area contributed by atoms with Gasteiger partial charge in [0, 0.05) is 37.4 Å². The number of H-pyrrole nitrogens is 1. The monoisotopic (exact) mass is 349 g/mol. The molecule has 0 aliphatic carbocycles. The van der Waals surface area contributed by atoms with Crippen LogP contribution < -0.4 is 5.32 Å². The van der Waals surface area contributed by atoms with E-state index < -0.39 is 0 Å². The highest BCUT2D eigenvalue weighted by atomic mass is 16.5. The van der Waals surface area contributed by atoms with Crippen LogP contribution in [-0.2, 0) is 11.2 Å². The van der Waals surface area contributed by atoms with E-state index in [-0.39, 0.29) is 23.9 Å². The molecule has 1 fully saturated rings. The van der Waals surface area contributed by atoms with Crippen molar-refractivity contribution in [1.29, 1.82) is 0 Å². The fourth-order valence-electron chi connectivity index (χ4n) is 3.76. The zero-order chi connectivity index (χ0) is 18.6. The van der Waals surface area contributed by atoms with Crippen LogP contribution in [0.1, 0.15) is 66.2 Å². The Hall–Kier alpha value is -1.66. The summed E-state index contributed by atoms with van der Waals surface area (Å²) in [5.74, 6) is -0.128. The summed E-state index contributed by atoms with van der Waals surface area (Å²) >= 11 is 0. The molecule has 0 aromatic carbocycles. The predicted octanol–water partition coefficient (Wildman–Crippen LogP) is 2.32. The SMILES string of the molecule is CCc1c(C(=O)NCCCN2CC(C)OC(C)C2)[nH]c(C)c1C(C)=O. The van der Waals surface area contributed by atoms with Crippen molar-refractivity contribution in [3.63, 3.8) is 0 Å². The number of Topliss-reactive ketones (excluding diaryl/α,β-unsaturated/α-hetero) is 1. The van der Waals surface area contributed by atoms with Gasteiger partial charge in [0.15, 0.2) is 5.78 Å². The third-order valence-corrected chi connectivity index (χ3v) is 4.66. The van der Waals surface area contributed by atoms with Crippen LogP contribution in [-0.4, -0.2) is 60.0 Å². The molecule has 6 heteroatoms. The van der Waals surface area contributed by atoms with E-state index in [4.69, 9.17) is 4.74 Å². The first-order valence-electron chi connectivity index (χ1n) is 9.21. The minimum absolute atomic E-state index is 0.000192. The lowest BCUT2D eigenvalue weighted by Gasteiger charge is -2.35. The van der Waals surface area contributed by atoms with Crippen molar-refractivity contribution in [2.75, 3.05) is 26.2 Å². The van der Waals surface area contributed by atoms with Gasteiger partial charge in [-0.2, -0.15) is 0 Å². The Morgan fingerprint density at radius 3 is 2.48 bits per heavy atom. The molecule has 6 nitrogen and oxygen atoms in total. The van der Waals surface area contributed by atoms with Gasteiger partial charge in [-0.15, -0.1) is 0 Å². The first-order valence-corrected chi connectivity index (χ1v) is 9.21. The van der Waals surface area contributed by atoms with E-state index in [9.17, 15) is 9.59 Å². The number of aryl methyl sites for hydroxylation is 1. The molecule has 1 saturated heterocycles. The van der Waals surface area contributed by atoms with Crippen LogP contribution in [0.25, 0.3) is 0 Å². The fraction of sp³-hybridized carbons (Fsp3) is 0.684. The van der Waals surface area contributed by atoms with Crippen molar-refractivity contribution < 1.29 is 14.3 Å². The number of morpholine rings is 1. The van der Waals surface area contributed by atoms with Gasteiger partial charge >= 0.3 is 0 Å². The number of carbonyl (C=O) groups is 2. The molecule has 1 aliphatic heterocycles. The third-order valence-electron chi connectivity index (χ3n) is 4.66. The molecule has 0 radical (unpaired) electrons. The Labute approximate surface area is 150 Å². The van der Waals surface area contributed by atoms with Gasteiger partial charge in [-0.3, -0.25) is 14.5 Å². The lowest BCUT2D eigenvalue weighted by Crippen LogP contribution is -2.46. The second-order valence-corrected chi connectivity index (χ2v) is 7.01. The van der Waals surface area contributed by atoms with E-state index in [2.05, 4.69) is 29.0 Å².